The number of hydrogen-bond acceptors (Lipinski definition) is 3. The lowest BCUT2D eigenvalue weighted by Crippen LogP contribution is -2.48. The number of piperazine rings is 1. The molecule has 1 aliphatic heterocycles. The van der Waals surface area contributed by atoms with Gasteiger partial charge in [-0.1, -0.05) is 29.8 Å². The summed E-state index contributed by atoms with van der Waals surface area (Å²) in [5, 5.41) is 4.12. The van der Waals surface area contributed by atoms with Gasteiger partial charge in [-0.05, 0) is 48.7 Å². The van der Waals surface area contributed by atoms with Gasteiger partial charge in [-0.15, -0.1) is 0 Å². The second-order valence-electron chi connectivity index (χ2n) is 7.20. The molecule has 27 heavy (non-hydrogen) atoms. The van der Waals surface area contributed by atoms with Gasteiger partial charge in [-0.2, -0.15) is 0 Å². The zero-order valence-electron chi connectivity index (χ0n) is 15.8. The number of halogens is 1. The van der Waals surface area contributed by atoms with E-state index in [0.717, 1.165) is 37.3 Å². The zero-order chi connectivity index (χ0) is 19.4. The van der Waals surface area contributed by atoms with Crippen LogP contribution in [0.1, 0.15) is 34.0 Å². The fourth-order valence-electron chi connectivity index (χ4n) is 3.57. The molecule has 1 atom stereocenters. The summed E-state index contributed by atoms with van der Waals surface area (Å²) in [4.78, 5) is 18.6. The Morgan fingerprint density at radius 2 is 2.11 bits per heavy atom. The van der Waals surface area contributed by atoms with Crippen LogP contribution in [0.15, 0.2) is 36.4 Å². The molecule has 5 heteroatoms. The molecule has 140 valence electrons. The number of carbonyl (C=O) groups excluding carboxylic acids is 1. The Hall–Kier alpha value is -2.19. The first-order valence-electron chi connectivity index (χ1n) is 9.20. The van der Waals surface area contributed by atoms with Crippen molar-refractivity contribution >= 4 is 23.1 Å². The minimum atomic E-state index is 0.00705. The molecule has 0 saturated carbocycles. The van der Waals surface area contributed by atoms with E-state index in [1.54, 1.807) is 24.3 Å². The molecule has 0 aromatic heterocycles. The van der Waals surface area contributed by atoms with Gasteiger partial charge in [0.1, 0.15) is 0 Å². The van der Waals surface area contributed by atoms with E-state index >= 15 is 0 Å². The molecule has 3 rings (SSSR count). The van der Waals surface area contributed by atoms with Crippen molar-refractivity contribution in [3.8, 4) is 0 Å². The van der Waals surface area contributed by atoms with Crippen LogP contribution in [0.25, 0.3) is 4.85 Å². The number of benzene rings is 2. The van der Waals surface area contributed by atoms with E-state index in [1.807, 2.05) is 12.1 Å². The maximum absolute atomic E-state index is 12.7. The van der Waals surface area contributed by atoms with Gasteiger partial charge >= 0.3 is 0 Å². The van der Waals surface area contributed by atoms with Gasteiger partial charge < -0.3 is 5.32 Å². The first-order chi connectivity index (χ1) is 13.0. The lowest BCUT2D eigenvalue weighted by molar-refractivity contribution is 0.0993. The third-order valence-corrected chi connectivity index (χ3v) is 5.30. The zero-order valence-corrected chi connectivity index (χ0v) is 16.5. The monoisotopic (exact) mass is 381 g/mol. The fourth-order valence-corrected chi connectivity index (χ4v) is 3.83. The number of nitrogens with zero attached hydrogens (tertiary/aromatic N) is 2. The molecule has 2 aromatic carbocycles. The van der Waals surface area contributed by atoms with E-state index in [1.165, 1.54) is 5.56 Å². The van der Waals surface area contributed by atoms with Gasteiger partial charge in [0.15, 0.2) is 11.5 Å². The maximum atomic E-state index is 12.7. The van der Waals surface area contributed by atoms with Crippen molar-refractivity contribution in [2.45, 2.75) is 32.9 Å². The highest BCUT2D eigenvalue weighted by molar-refractivity contribution is 6.30. The largest absolute Gasteiger partial charge is 0.312 e. The molecule has 0 aliphatic carbocycles. The van der Waals surface area contributed by atoms with Crippen LogP contribution < -0.4 is 5.32 Å². The van der Waals surface area contributed by atoms with Gasteiger partial charge in [0, 0.05) is 49.2 Å². The Morgan fingerprint density at radius 3 is 2.85 bits per heavy atom. The molecule has 1 N–H and O–H groups in total. The third-order valence-electron chi connectivity index (χ3n) is 5.08. The molecule has 1 heterocycles. The Labute approximate surface area is 166 Å². The Balaban J connectivity index is 1.80. The van der Waals surface area contributed by atoms with E-state index in [9.17, 15) is 4.79 Å². The van der Waals surface area contributed by atoms with E-state index in [4.69, 9.17) is 18.2 Å². The van der Waals surface area contributed by atoms with Crippen molar-refractivity contribution in [3.05, 3.63) is 75.1 Å². The van der Waals surface area contributed by atoms with Gasteiger partial charge in [0.05, 0.1) is 6.57 Å². The lowest BCUT2D eigenvalue weighted by Gasteiger charge is -2.32. The minimum Gasteiger partial charge on any atom is -0.312 e. The van der Waals surface area contributed by atoms with Crippen molar-refractivity contribution in [1.29, 1.82) is 0 Å². The lowest BCUT2D eigenvalue weighted by atomic mass is 9.95. The highest BCUT2D eigenvalue weighted by Crippen LogP contribution is 2.24. The van der Waals surface area contributed by atoms with E-state index < -0.39 is 0 Å². The molecular weight excluding hydrogens is 358 g/mol. The second kappa shape index (κ2) is 8.67. The first kappa shape index (κ1) is 19.6. The van der Waals surface area contributed by atoms with Gasteiger partial charge in [-0.3, -0.25) is 9.69 Å². The van der Waals surface area contributed by atoms with Crippen molar-refractivity contribution < 1.29 is 4.79 Å². The average molecular weight is 382 g/mol. The van der Waals surface area contributed by atoms with Crippen LogP contribution in [-0.2, 0) is 13.0 Å². The summed E-state index contributed by atoms with van der Waals surface area (Å²) in [7, 11) is 0. The summed E-state index contributed by atoms with van der Waals surface area (Å²) in [6, 6.07) is 11.3. The van der Waals surface area contributed by atoms with Crippen LogP contribution in [0.4, 0.5) is 5.69 Å². The molecular formula is C22H24ClN3O. The number of hydrogen-bond donors (Lipinski definition) is 1. The van der Waals surface area contributed by atoms with Crippen molar-refractivity contribution in [3.63, 3.8) is 0 Å². The average Bonchev–Trinajstić information content (AvgIpc) is 2.65. The molecule has 0 radical (unpaired) electrons. The molecule has 4 nitrogen and oxygen atoms in total. The van der Waals surface area contributed by atoms with Crippen LogP contribution in [0, 0.1) is 13.5 Å². The fraction of sp³-hybridized carbons (Fsp3) is 0.364. The van der Waals surface area contributed by atoms with Gasteiger partial charge in [0.2, 0.25) is 0 Å². The van der Waals surface area contributed by atoms with Crippen molar-refractivity contribution in [2.24, 2.45) is 0 Å². The number of ketones is 1. The highest BCUT2D eigenvalue weighted by atomic mass is 35.5. The summed E-state index contributed by atoms with van der Waals surface area (Å²) in [5.41, 5.74) is 4.31. The number of carbonyl (C=O) groups is 1. The Morgan fingerprint density at radius 1 is 1.33 bits per heavy atom. The third kappa shape index (κ3) is 4.95. The number of rotatable bonds is 5. The molecule has 1 saturated heterocycles. The van der Waals surface area contributed by atoms with Gasteiger partial charge in [0.25, 0.3) is 0 Å². The summed E-state index contributed by atoms with van der Waals surface area (Å²) in [6.07, 6.45) is 0.290. The van der Waals surface area contributed by atoms with Gasteiger partial charge in [-0.25, -0.2) is 4.85 Å². The predicted molar refractivity (Wildman–Crippen MR) is 110 cm³/mol. The van der Waals surface area contributed by atoms with Crippen molar-refractivity contribution in [2.75, 3.05) is 19.6 Å². The summed E-state index contributed by atoms with van der Waals surface area (Å²) in [5.74, 6) is 0.00705. The molecule has 2 aromatic rings. The SMILES string of the molecule is [C-]#[N+]c1cccc(C(=O)Cc2cc(Cl)cc(CN3CCN[C@@H](C)C3)c2C)c1. The van der Waals surface area contributed by atoms with E-state index in [-0.39, 0.29) is 5.78 Å². The number of Topliss-reactive ketones (excluding diaryl/α,β-unsaturated/α-hetero) is 1. The smallest absolute Gasteiger partial charge is 0.187 e. The van der Waals surface area contributed by atoms with E-state index in [0.29, 0.717) is 28.7 Å². The maximum Gasteiger partial charge on any atom is 0.187 e. The quantitative estimate of drug-likeness (QED) is 0.615. The van der Waals surface area contributed by atoms with Crippen molar-refractivity contribution in [1.82, 2.24) is 10.2 Å². The molecule has 0 amide bonds. The standard InChI is InChI=1S/C22H24ClN3O/c1-15-13-26(8-7-25-15)14-19-10-20(23)9-18(16(19)2)12-22(27)17-5-4-6-21(11-17)24-3/h4-6,9-11,15,25H,7-8,12-14H2,1-2H3/t15-/m0/s1. The van der Waals surface area contributed by atoms with Crippen LogP contribution in [0.3, 0.4) is 0 Å². The topological polar surface area (TPSA) is 36.7 Å². The van der Waals surface area contributed by atoms with Crippen LogP contribution in [-0.4, -0.2) is 36.4 Å². The van der Waals surface area contributed by atoms with Crippen LogP contribution >= 0.6 is 11.6 Å². The number of nitrogens with one attached hydrogen (secondary N) is 1. The first-order valence-corrected chi connectivity index (χ1v) is 9.58. The van der Waals surface area contributed by atoms with E-state index in [2.05, 4.69) is 28.9 Å². The second-order valence-corrected chi connectivity index (χ2v) is 7.64. The molecule has 0 spiro atoms. The summed E-state index contributed by atoms with van der Waals surface area (Å²) >= 11 is 6.36. The Kier molecular flexibility index (Phi) is 6.28. The Bertz CT molecular complexity index is 888. The predicted octanol–water partition coefficient (Wildman–Crippen LogP) is 4.42. The van der Waals surface area contributed by atoms with Crippen LogP contribution in [0.5, 0.6) is 0 Å². The summed E-state index contributed by atoms with van der Waals surface area (Å²) < 4.78 is 0. The summed E-state index contributed by atoms with van der Waals surface area (Å²) in [6.45, 7) is 15.2. The molecule has 0 unspecified atom stereocenters. The molecule has 0 bridgehead atoms. The normalized spacial score (nSPS) is 17.5. The minimum absolute atomic E-state index is 0.00705. The highest BCUT2D eigenvalue weighted by Gasteiger charge is 2.18. The van der Waals surface area contributed by atoms with Crippen LogP contribution in [0.2, 0.25) is 5.02 Å². The molecule has 1 aliphatic rings. The molecule has 1 fully saturated rings.